The number of fused-ring (bicyclic) bond motifs is 1. The van der Waals surface area contributed by atoms with Gasteiger partial charge in [-0.3, -0.25) is 4.79 Å². The van der Waals surface area contributed by atoms with E-state index in [0.717, 1.165) is 0 Å². The maximum atomic E-state index is 10.9. The van der Waals surface area contributed by atoms with E-state index in [1.54, 1.807) is 0 Å². The monoisotopic (exact) mass is 213 g/mol. The highest BCUT2D eigenvalue weighted by Crippen LogP contribution is 2.38. The van der Waals surface area contributed by atoms with Crippen LogP contribution in [0, 0.1) is 0 Å². The normalized spacial score (nSPS) is 13.8. The van der Waals surface area contributed by atoms with Crippen LogP contribution in [0.4, 0.5) is 0 Å². The first-order valence-electron chi connectivity index (χ1n) is 4.07. The van der Waals surface area contributed by atoms with Crippen molar-refractivity contribution in [3.63, 3.8) is 0 Å². The molecule has 1 amide bonds. The second kappa shape index (κ2) is 3.38. The molecule has 4 nitrogen and oxygen atoms in total. The van der Waals surface area contributed by atoms with Crippen molar-refractivity contribution in [1.29, 1.82) is 0 Å². The molecule has 1 aliphatic heterocycles. The van der Waals surface area contributed by atoms with E-state index < -0.39 is 5.91 Å². The van der Waals surface area contributed by atoms with Crippen molar-refractivity contribution in [3.8, 4) is 11.5 Å². The maximum absolute atomic E-state index is 10.9. The highest BCUT2D eigenvalue weighted by atomic mass is 35.5. The molecule has 0 aromatic heterocycles. The van der Waals surface area contributed by atoms with Crippen LogP contribution >= 0.6 is 11.6 Å². The third-order valence-electron chi connectivity index (χ3n) is 1.88. The Morgan fingerprint density at radius 2 is 2.07 bits per heavy atom. The van der Waals surface area contributed by atoms with E-state index in [9.17, 15) is 4.79 Å². The van der Waals surface area contributed by atoms with Crippen molar-refractivity contribution in [3.05, 3.63) is 22.7 Å². The fraction of sp³-hybridized carbons (Fsp3) is 0.222. The van der Waals surface area contributed by atoms with Gasteiger partial charge in [-0.25, -0.2) is 0 Å². The molecule has 0 spiro atoms. The number of hydrogen-bond acceptors (Lipinski definition) is 3. The Kier molecular flexibility index (Phi) is 2.21. The van der Waals surface area contributed by atoms with Crippen LogP contribution in [0.1, 0.15) is 10.4 Å². The molecule has 2 N–H and O–H groups in total. The van der Waals surface area contributed by atoms with Gasteiger partial charge in [0.2, 0.25) is 5.91 Å². The van der Waals surface area contributed by atoms with Gasteiger partial charge in [0.15, 0.2) is 11.5 Å². The summed E-state index contributed by atoms with van der Waals surface area (Å²) in [6.45, 7) is 0.911. The summed E-state index contributed by atoms with van der Waals surface area (Å²) in [5.74, 6) is 0.407. The lowest BCUT2D eigenvalue weighted by atomic mass is 10.2. The third-order valence-corrected chi connectivity index (χ3v) is 2.16. The van der Waals surface area contributed by atoms with E-state index >= 15 is 0 Å². The van der Waals surface area contributed by atoms with E-state index in [-0.39, 0.29) is 0 Å². The van der Waals surface area contributed by atoms with Gasteiger partial charge in [0.05, 0.1) is 5.02 Å². The van der Waals surface area contributed by atoms with Crippen molar-refractivity contribution >= 4 is 17.5 Å². The summed E-state index contributed by atoms with van der Waals surface area (Å²) in [4.78, 5) is 10.9. The predicted molar refractivity (Wildman–Crippen MR) is 51.0 cm³/mol. The Balaban J connectivity index is 2.51. The maximum Gasteiger partial charge on any atom is 0.248 e. The summed E-state index contributed by atoms with van der Waals surface area (Å²) in [6, 6.07) is 3.00. The lowest BCUT2D eigenvalue weighted by molar-refractivity contribution is 0.0999. The Labute approximate surface area is 85.6 Å². The van der Waals surface area contributed by atoms with Crippen molar-refractivity contribution in [2.45, 2.75) is 0 Å². The number of carbonyl (C=O) groups excluding carboxylic acids is 1. The molecule has 0 saturated carbocycles. The van der Waals surface area contributed by atoms with Gasteiger partial charge in [-0.05, 0) is 12.1 Å². The minimum atomic E-state index is -0.538. The zero-order valence-corrected chi connectivity index (χ0v) is 8.00. The first kappa shape index (κ1) is 9.15. The molecule has 0 bridgehead atoms. The third kappa shape index (κ3) is 1.48. The molecule has 74 valence electrons. The van der Waals surface area contributed by atoms with Crippen LogP contribution in [-0.2, 0) is 0 Å². The van der Waals surface area contributed by atoms with E-state index in [1.165, 1.54) is 12.1 Å². The van der Waals surface area contributed by atoms with Gasteiger partial charge in [-0.2, -0.15) is 0 Å². The van der Waals surface area contributed by atoms with Gasteiger partial charge in [-0.15, -0.1) is 0 Å². The van der Waals surface area contributed by atoms with Gasteiger partial charge in [-0.1, -0.05) is 11.6 Å². The topological polar surface area (TPSA) is 61.6 Å². The Morgan fingerprint density at radius 1 is 1.36 bits per heavy atom. The van der Waals surface area contributed by atoms with E-state index in [2.05, 4.69) is 0 Å². The molecule has 1 aromatic rings. The molecule has 0 aliphatic carbocycles. The minimum absolute atomic E-state index is 0.319. The standard InChI is InChI=1S/C9H8ClNO3/c10-6-3-5(9(11)12)4-7-8(6)14-2-1-13-7/h3-4H,1-2H2,(H2,11,12). The molecule has 0 atom stereocenters. The van der Waals surface area contributed by atoms with E-state index in [0.29, 0.717) is 35.3 Å². The van der Waals surface area contributed by atoms with Crippen LogP contribution in [0.3, 0.4) is 0 Å². The first-order chi connectivity index (χ1) is 6.68. The summed E-state index contributed by atoms with van der Waals surface area (Å²) in [5, 5.41) is 0.344. The highest BCUT2D eigenvalue weighted by molar-refractivity contribution is 6.32. The largest absolute Gasteiger partial charge is 0.486 e. The molecular weight excluding hydrogens is 206 g/mol. The summed E-state index contributed by atoms with van der Waals surface area (Å²) in [6.07, 6.45) is 0. The van der Waals surface area contributed by atoms with Crippen molar-refractivity contribution in [2.24, 2.45) is 5.73 Å². The van der Waals surface area contributed by atoms with Crippen LogP contribution in [0.5, 0.6) is 11.5 Å². The second-order valence-corrected chi connectivity index (χ2v) is 3.25. The molecule has 2 rings (SSSR count). The summed E-state index contributed by atoms with van der Waals surface area (Å²) < 4.78 is 10.6. The predicted octanol–water partition coefficient (Wildman–Crippen LogP) is 1.21. The van der Waals surface area contributed by atoms with Gasteiger partial charge in [0.25, 0.3) is 0 Å². The molecule has 1 aliphatic rings. The molecule has 1 aromatic carbocycles. The van der Waals surface area contributed by atoms with Crippen LogP contribution in [0.25, 0.3) is 0 Å². The second-order valence-electron chi connectivity index (χ2n) is 2.85. The highest BCUT2D eigenvalue weighted by Gasteiger charge is 2.17. The van der Waals surface area contributed by atoms with Gasteiger partial charge in [0, 0.05) is 5.56 Å². The average molecular weight is 214 g/mol. The minimum Gasteiger partial charge on any atom is -0.486 e. The zero-order chi connectivity index (χ0) is 10.1. The number of carbonyl (C=O) groups is 1. The number of amides is 1. The van der Waals surface area contributed by atoms with Crippen LogP contribution in [-0.4, -0.2) is 19.1 Å². The first-order valence-corrected chi connectivity index (χ1v) is 4.45. The average Bonchev–Trinajstić information content (AvgIpc) is 2.17. The van der Waals surface area contributed by atoms with Gasteiger partial charge < -0.3 is 15.2 Å². The molecule has 0 saturated heterocycles. The summed E-state index contributed by atoms with van der Waals surface area (Å²) >= 11 is 5.88. The Morgan fingerprint density at radius 3 is 2.79 bits per heavy atom. The number of ether oxygens (including phenoxy) is 2. The molecular formula is C9H8ClNO3. The number of halogens is 1. The molecule has 0 unspecified atom stereocenters. The fourth-order valence-corrected chi connectivity index (χ4v) is 1.52. The van der Waals surface area contributed by atoms with Gasteiger partial charge >= 0.3 is 0 Å². The van der Waals surface area contributed by atoms with E-state index in [4.69, 9.17) is 26.8 Å². The number of hydrogen-bond donors (Lipinski definition) is 1. The number of nitrogens with two attached hydrogens (primary N) is 1. The number of primary amides is 1. The zero-order valence-electron chi connectivity index (χ0n) is 7.25. The van der Waals surface area contributed by atoms with Crippen molar-refractivity contribution < 1.29 is 14.3 Å². The molecule has 1 heterocycles. The van der Waals surface area contributed by atoms with Crippen molar-refractivity contribution in [2.75, 3.05) is 13.2 Å². The summed E-state index contributed by atoms with van der Waals surface area (Å²) in [7, 11) is 0. The molecule has 0 fully saturated rings. The molecule has 0 radical (unpaired) electrons. The Bertz CT molecular complexity index is 392. The van der Waals surface area contributed by atoms with Gasteiger partial charge in [0.1, 0.15) is 13.2 Å². The quantitative estimate of drug-likeness (QED) is 0.763. The van der Waals surface area contributed by atoms with Crippen LogP contribution in [0.15, 0.2) is 12.1 Å². The summed E-state index contributed by atoms with van der Waals surface area (Å²) in [5.41, 5.74) is 5.44. The fourth-order valence-electron chi connectivity index (χ4n) is 1.25. The molecule has 14 heavy (non-hydrogen) atoms. The van der Waals surface area contributed by atoms with Crippen LogP contribution in [0.2, 0.25) is 5.02 Å². The Hall–Kier alpha value is -1.42. The number of benzene rings is 1. The lowest BCUT2D eigenvalue weighted by Gasteiger charge is -2.19. The lowest BCUT2D eigenvalue weighted by Crippen LogP contribution is -2.17. The van der Waals surface area contributed by atoms with E-state index in [1.807, 2.05) is 0 Å². The van der Waals surface area contributed by atoms with Crippen molar-refractivity contribution in [1.82, 2.24) is 0 Å². The number of rotatable bonds is 1. The van der Waals surface area contributed by atoms with Crippen LogP contribution < -0.4 is 15.2 Å². The smallest absolute Gasteiger partial charge is 0.248 e. The SMILES string of the molecule is NC(=O)c1cc(Cl)c2c(c1)OCCO2. The molecule has 5 heteroatoms.